The molecule has 1 aromatic carbocycles. The molecule has 0 unspecified atom stereocenters. The number of nitrogens with zero attached hydrogens (tertiary/aromatic N) is 2. The van der Waals surface area contributed by atoms with E-state index in [0.717, 1.165) is 17.0 Å². The lowest BCUT2D eigenvalue weighted by atomic mass is 10.0. The van der Waals surface area contributed by atoms with Crippen molar-refractivity contribution < 1.29 is 9.72 Å². The number of amides is 1. The Kier molecular flexibility index (Phi) is 4.21. The minimum atomic E-state index is -1.02. The van der Waals surface area contributed by atoms with Crippen molar-refractivity contribution >= 4 is 17.3 Å². The molecule has 0 saturated heterocycles. The number of hydrogen-bond acceptors (Lipinski definition) is 5. The molecule has 1 aromatic rings. The van der Waals surface area contributed by atoms with Gasteiger partial charge in [0.05, 0.1) is 12.3 Å². The summed E-state index contributed by atoms with van der Waals surface area (Å²) in [5, 5.41) is 17.9. The van der Waals surface area contributed by atoms with Crippen LogP contribution in [0.25, 0.3) is 0 Å². The zero-order chi connectivity index (χ0) is 15.5. The Morgan fingerprint density at radius 3 is 2.52 bits per heavy atom. The molecule has 0 spiro atoms. The van der Waals surface area contributed by atoms with Gasteiger partial charge in [-0.2, -0.15) is 5.10 Å². The smallest absolute Gasteiger partial charge is 0.240 e. The second-order valence-electron chi connectivity index (χ2n) is 5.59. The average molecular weight is 290 g/mol. The fourth-order valence-corrected chi connectivity index (χ4v) is 1.85. The minimum Gasteiger partial charge on any atom is -0.378 e. The number of nitro groups is 1. The maximum atomic E-state index is 11.0. The van der Waals surface area contributed by atoms with Crippen LogP contribution in [-0.4, -0.2) is 28.6 Å². The van der Waals surface area contributed by atoms with Crippen LogP contribution in [0.5, 0.6) is 0 Å². The molecule has 1 aliphatic rings. The van der Waals surface area contributed by atoms with Crippen LogP contribution in [0.4, 0.5) is 5.69 Å². The third-order valence-electron chi connectivity index (χ3n) is 3.34. The van der Waals surface area contributed by atoms with Gasteiger partial charge in [0.15, 0.2) is 0 Å². The summed E-state index contributed by atoms with van der Waals surface area (Å²) in [7, 11) is 0. The fourth-order valence-electron chi connectivity index (χ4n) is 1.85. The standard InChI is InChI=1S/C14H18N4O3/c1-14(2,18(20)21)9-15-11-5-3-10(4-6-11)12-7-8-13(19)17-16-12/h3-6,15H,7-9H2,1-2H3,(H,17,19). The molecule has 0 bridgehead atoms. The van der Waals surface area contributed by atoms with Gasteiger partial charge in [-0.3, -0.25) is 14.9 Å². The van der Waals surface area contributed by atoms with Crippen LogP contribution in [0.3, 0.4) is 0 Å². The van der Waals surface area contributed by atoms with E-state index in [9.17, 15) is 14.9 Å². The molecule has 0 aliphatic carbocycles. The van der Waals surface area contributed by atoms with Crippen LogP contribution in [0.15, 0.2) is 29.4 Å². The highest BCUT2D eigenvalue weighted by molar-refractivity contribution is 6.04. The molecular formula is C14H18N4O3. The Hall–Kier alpha value is -2.44. The molecule has 2 N–H and O–H groups in total. The molecule has 1 heterocycles. The minimum absolute atomic E-state index is 0.0703. The number of hydrazone groups is 1. The van der Waals surface area contributed by atoms with Gasteiger partial charge in [-0.1, -0.05) is 12.1 Å². The van der Waals surface area contributed by atoms with E-state index in [1.54, 1.807) is 13.8 Å². The van der Waals surface area contributed by atoms with Crippen LogP contribution in [-0.2, 0) is 4.79 Å². The van der Waals surface area contributed by atoms with E-state index in [4.69, 9.17) is 0 Å². The maximum absolute atomic E-state index is 11.0. The molecule has 0 aromatic heterocycles. The largest absolute Gasteiger partial charge is 0.378 e. The molecule has 0 radical (unpaired) electrons. The van der Waals surface area contributed by atoms with Gasteiger partial charge in [-0.15, -0.1) is 0 Å². The van der Waals surface area contributed by atoms with Crippen LogP contribution in [0, 0.1) is 10.1 Å². The molecule has 7 nitrogen and oxygen atoms in total. The van der Waals surface area contributed by atoms with Gasteiger partial charge in [-0.05, 0) is 17.7 Å². The molecule has 0 fully saturated rings. The van der Waals surface area contributed by atoms with E-state index in [1.807, 2.05) is 24.3 Å². The topological polar surface area (TPSA) is 96.6 Å². The van der Waals surface area contributed by atoms with Gasteiger partial charge in [0, 0.05) is 37.3 Å². The number of nitrogens with one attached hydrogen (secondary N) is 2. The Bertz CT molecular complexity index is 578. The average Bonchev–Trinajstić information content (AvgIpc) is 2.46. The first-order valence-electron chi connectivity index (χ1n) is 6.73. The van der Waals surface area contributed by atoms with Crippen molar-refractivity contribution in [1.82, 2.24) is 5.43 Å². The van der Waals surface area contributed by atoms with Crippen molar-refractivity contribution in [2.45, 2.75) is 32.2 Å². The van der Waals surface area contributed by atoms with Crippen molar-refractivity contribution in [3.63, 3.8) is 0 Å². The SMILES string of the molecule is CC(C)(CNc1ccc(C2=NNC(=O)CC2)cc1)[N+](=O)[O-]. The highest BCUT2D eigenvalue weighted by Gasteiger charge is 2.30. The molecule has 0 atom stereocenters. The molecule has 21 heavy (non-hydrogen) atoms. The first-order chi connectivity index (χ1) is 9.88. The van der Waals surface area contributed by atoms with Gasteiger partial charge < -0.3 is 5.32 Å². The van der Waals surface area contributed by atoms with E-state index >= 15 is 0 Å². The molecule has 7 heteroatoms. The highest BCUT2D eigenvalue weighted by atomic mass is 16.6. The van der Waals surface area contributed by atoms with Crippen molar-refractivity contribution in [3.8, 4) is 0 Å². The highest BCUT2D eigenvalue weighted by Crippen LogP contribution is 2.16. The summed E-state index contributed by atoms with van der Waals surface area (Å²) in [4.78, 5) is 21.6. The van der Waals surface area contributed by atoms with Gasteiger partial charge in [0.25, 0.3) is 0 Å². The van der Waals surface area contributed by atoms with Gasteiger partial charge >= 0.3 is 0 Å². The Balaban J connectivity index is 1.99. The summed E-state index contributed by atoms with van der Waals surface area (Å²) in [6.45, 7) is 3.40. The number of carbonyl (C=O) groups excluding carboxylic acids is 1. The number of anilines is 1. The third-order valence-corrected chi connectivity index (χ3v) is 3.34. The second-order valence-corrected chi connectivity index (χ2v) is 5.59. The predicted molar refractivity (Wildman–Crippen MR) is 79.9 cm³/mol. The second kappa shape index (κ2) is 5.90. The van der Waals surface area contributed by atoms with Gasteiger partial charge in [-0.25, -0.2) is 5.43 Å². The van der Waals surface area contributed by atoms with E-state index in [0.29, 0.717) is 12.8 Å². The van der Waals surface area contributed by atoms with E-state index in [-0.39, 0.29) is 17.4 Å². The maximum Gasteiger partial charge on any atom is 0.240 e. The number of hydrogen-bond donors (Lipinski definition) is 2. The predicted octanol–water partition coefficient (Wildman–Crippen LogP) is 1.77. The van der Waals surface area contributed by atoms with Crippen molar-refractivity contribution in [3.05, 3.63) is 39.9 Å². The van der Waals surface area contributed by atoms with Crippen LogP contribution < -0.4 is 10.7 Å². The quantitative estimate of drug-likeness (QED) is 0.638. The summed E-state index contributed by atoms with van der Waals surface area (Å²) in [5.74, 6) is -0.0703. The molecule has 112 valence electrons. The Morgan fingerprint density at radius 2 is 2.00 bits per heavy atom. The summed E-state index contributed by atoms with van der Waals surface area (Å²) in [5.41, 5.74) is 4.04. The summed E-state index contributed by atoms with van der Waals surface area (Å²) in [6.07, 6.45) is 1.06. The first kappa shape index (κ1) is 15.0. The van der Waals surface area contributed by atoms with Crippen molar-refractivity contribution in [1.29, 1.82) is 0 Å². The summed E-state index contributed by atoms with van der Waals surface area (Å²) < 4.78 is 0. The van der Waals surface area contributed by atoms with Crippen LogP contribution >= 0.6 is 0 Å². The van der Waals surface area contributed by atoms with Gasteiger partial charge in [0.1, 0.15) is 0 Å². The Morgan fingerprint density at radius 1 is 1.33 bits per heavy atom. The summed E-state index contributed by atoms with van der Waals surface area (Å²) in [6, 6.07) is 7.48. The van der Waals surface area contributed by atoms with Gasteiger partial charge in [0.2, 0.25) is 11.4 Å². The van der Waals surface area contributed by atoms with Crippen molar-refractivity contribution in [2.75, 3.05) is 11.9 Å². The normalized spacial score (nSPS) is 15.1. The van der Waals surface area contributed by atoms with Crippen LogP contribution in [0.1, 0.15) is 32.3 Å². The zero-order valence-corrected chi connectivity index (χ0v) is 12.0. The van der Waals surface area contributed by atoms with E-state index in [2.05, 4.69) is 15.8 Å². The third kappa shape index (κ3) is 3.77. The zero-order valence-electron chi connectivity index (χ0n) is 12.0. The molecule has 2 rings (SSSR count). The van der Waals surface area contributed by atoms with E-state index < -0.39 is 5.54 Å². The number of benzene rings is 1. The number of rotatable bonds is 5. The lowest BCUT2D eigenvalue weighted by molar-refractivity contribution is -0.556. The lowest BCUT2D eigenvalue weighted by Gasteiger charge is -2.17. The molecule has 1 amide bonds. The Labute approximate surface area is 122 Å². The van der Waals surface area contributed by atoms with Crippen molar-refractivity contribution in [2.24, 2.45) is 5.10 Å². The first-order valence-corrected chi connectivity index (χ1v) is 6.73. The molecule has 1 aliphatic heterocycles. The van der Waals surface area contributed by atoms with Crippen LogP contribution in [0.2, 0.25) is 0 Å². The monoisotopic (exact) mass is 290 g/mol. The molecular weight excluding hydrogens is 272 g/mol. The number of carbonyl (C=O) groups is 1. The molecule has 0 saturated carbocycles. The van der Waals surface area contributed by atoms with E-state index in [1.165, 1.54) is 0 Å². The fraction of sp³-hybridized carbons (Fsp3) is 0.429. The summed E-state index contributed by atoms with van der Waals surface area (Å²) >= 11 is 0. The lowest BCUT2D eigenvalue weighted by Crippen LogP contribution is -2.38.